The minimum atomic E-state index is 0.00889. The molecule has 1 unspecified atom stereocenters. The van der Waals surface area contributed by atoms with Crippen molar-refractivity contribution in [1.29, 1.82) is 0 Å². The van der Waals surface area contributed by atoms with Crippen LogP contribution in [0.3, 0.4) is 0 Å². The van der Waals surface area contributed by atoms with Crippen LogP contribution in [0.25, 0.3) is 0 Å². The maximum Gasteiger partial charge on any atom is 0.250 e. The van der Waals surface area contributed by atoms with Gasteiger partial charge in [0.2, 0.25) is 0 Å². The fraction of sp³-hybridized carbons (Fsp3) is 0.500. The van der Waals surface area contributed by atoms with Crippen molar-refractivity contribution in [2.24, 2.45) is 5.73 Å². The van der Waals surface area contributed by atoms with E-state index < -0.39 is 0 Å². The Bertz CT molecular complexity index is 373. The summed E-state index contributed by atoms with van der Waals surface area (Å²) in [5.74, 6) is 0. The SMILES string of the molecule is CCC(N)Cn1cc(Br)c(C)cc1=O. The van der Waals surface area contributed by atoms with E-state index >= 15 is 0 Å². The van der Waals surface area contributed by atoms with Crippen LogP contribution >= 0.6 is 15.9 Å². The van der Waals surface area contributed by atoms with Gasteiger partial charge in [0.05, 0.1) is 0 Å². The molecule has 0 aromatic carbocycles. The van der Waals surface area contributed by atoms with Crippen LogP contribution < -0.4 is 11.3 Å². The largest absolute Gasteiger partial charge is 0.326 e. The van der Waals surface area contributed by atoms with E-state index in [9.17, 15) is 4.79 Å². The van der Waals surface area contributed by atoms with Gasteiger partial charge in [0, 0.05) is 29.3 Å². The highest BCUT2D eigenvalue weighted by Crippen LogP contribution is 2.12. The average Bonchev–Trinajstić information content (AvgIpc) is 2.14. The van der Waals surface area contributed by atoms with Gasteiger partial charge in [-0.1, -0.05) is 6.92 Å². The molecule has 0 spiro atoms. The van der Waals surface area contributed by atoms with E-state index in [1.807, 2.05) is 13.8 Å². The van der Waals surface area contributed by atoms with Crippen molar-refractivity contribution in [3.05, 3.63) is 32.7 Å². The molecule has 0 amide bonds. The summed E-state index contributed by atoms with van der Waals surface area (Å²) in [4.78, 5) is 11.5. The smallest absolute Gasteiger partial charge is 0.250 e. The third-order valence-electron chi connectivity index (χ3n) is 2.22. The number of halogens is 1. The van der Waals surface area contributed by atoms with E-state index in [1.54, 1.807) is 16.8 Å². The van der Waals surface area contributed by atoms with Gasteiger partial charge < -0.3 is 10.3 Å². The molecule has 1 rings (SSSR count). The molecule has 0 saturated carbocycles. The number of aryl methyl sites for hydroxylation is 1. The van der Waals surface area contributed by atoms with E-state index in [4.69, 9.17) is 5.73 Å². The minimum absolute atomic E-state index is 0.00889. The van der Waals surface area contributed by atoms with E-state index in [2.05, 4.69) is 15.9 Å². The molecule has 4 heteroatoms. The van der Waals surface area contributed by atoms with E-state index in [1.165, 1.54) is 0 Å². The van der Waals surface area contributed by atoms with Gasteiger partial charge in [-0.2, -0.15) is 0 Å². The molecule has 1 atom stereocenters. The van der Waals surface area contributed by atoms with Crippen LogP contribution in [0.5, 0.6) is 0 Å². The summed E-state index contributed by atoms with van der Waals surface area (Å²) in [6.07, 6.45) is 2.67. The molecule has 0 bridgehead atoms. The van der Waals surface area contributed by atoms with Gasteiger partial charge >= 0.3 is 0 Å². The van der Waals surface area contributed by atoms with E-state index in [0.29, 0.717) is 6.54 Å². The average molecular weight is 259 g/mol. The Morgan fingerprint density at radius 2 is 2.29 bits per heavy atom. The summed E-state index contributed by atoms with van der Waals surface area (Å²) in [5.41, 5.74) is 6.75. The van der Waals surface area contributed by atoms with Crippen molar-refractivity contribution in [2.75, 3.05) is 0 Å². The topological polar surface area (TPSA) is 48.0 Å². The molecule has 0 aliphatic rings. The van der Waals surface area contributed by atoms with Crippen LogP contribution in [0.4, 0.5) is 0 Å². The Morgan fingerprint density at radius 1 is 1.64 bits per heavy atom. The van der Waals surface area contributed by atoms with Crippen molar-refractivity contribution >= 4 is 15.9 Å². The zero-order valence-electron chi connectivity index (χ0n) is 8.46. The van der Waals surface area contributed by atoms with Gasteiger partial charge in [0.1, 0.15) is 0 Å². The zero-order valence-corrected chi connectivity index (χ0v) is 10.0. The second-order valence-corrected chi connectivity index (χ2v) is 4.32. The van der Waals surface area contributed by atoms with Crippen LogP contribution in [0, 0.1) is 6.92 Å². The summed E-state index contributed by atoms with van der Waals surface area (Å²) in [7, 11) is 0. The number of nitrogens with two attached hydrogens (primary N) is 1. The number of hydrogen-bond donors (Lipinski definition) is 1. The Hall–Kier alpha value is -0.610. The Balaban J connectivity index is 2.98. The number of nitrogens with zero attached hydrogens (tertiary/aromatic N) is 1. The molecule has 1 aromatic heterocycles. The van der Waals surface area contributed by atoms with Gasteiger partial charge in [-0.3, -0.25) is 4.79 Å². The molecule has 1 aromatic rings. The highest BCUT2D eigenvalue weighted by atomic mass is 79.9. The lowest BCUT2D eigenvalue weighted by molar-refractivity contribution is 0.526. The predicted octanol–water partition coefficient (Wildman–Crippen LogP) is 1.66. The molecule has 0 aliphatic heterocycles. The number of pyridine rings is 1. The summed E-state index contributed by atoms with van der Waals surface area (Å²) < 4.78 is 2.59. The molecule has 2 N–H and O–H groups in total. The molecular formula is C10H15BrN2O. The first-order valence-corrected chi connectivity index (χ1v) is 5.46. The number of aromatic nitrogens is 1. The van der Waals surface area contributed by atoms with Crippen molar-refractivity contribution in [1.82, 2.24) is 4.57 Å². The molecule has 0 fully saturated rings. The Labute approximate surface area is 92.1 Å². The molecule has 0 aliphatic carbocycles. The lowest BCUT2D eigenvalue weighted by Crippen LogP contribution is -2.31. The number of hydrogen-bond acceptors (Lipinski definition) is 2. The third kappa shape index (κ3) is 2.69. The van der Waals surface area contributed by atoms with Crippen LogP contribution in [-0.2, 0) is 6.54 Å². The fourth-order valence-electron chi connectivity index (χ4n) is 1.16. The molecule has 0 radical (unpaired) electrons. The van der Waals surface area contributed by atoms with Crippen molar-refractivity contribution < 1.29 is 0 Å². The van der Waals surface area contributed by atoms with Crippen LogP contribution in [0.1, 0.15) is 18.9 Å². The normalized spacial score (nSPS) is 12.9. The van der Waals surface area contributed by atoms with Crippen molar-refractivity contribution in [2.45, 2.75) is 32.9 Å². The lowest BCUT2D eigenvalue weighted by Gasteiger charge is -2.12. The van der Waals surface area contributed by atoms with Gasteiger partial charge in [-0.15, -0.1) is 0 Å². The van der Waals surface area contributed by atoms with Gasteiger partial charge in [0.15, 0.2) is 0 Å². The third-order valence-corrected chi connectivity index (χ3v) is 3.05. The quantitative estimate of drug-likeness (QED) is 0.897. The van der Waals surface area contributed by atoms with E-state index in [-0.39, 0.29) is 11.6 Å². The van der Waals surface area contributed by atoms with Gasteiger partial charge in [-0.05, 0) is 34.8 Å². The lowest BCUT2D eigenvalue weighted by atomic mass is 10.2. The van der Waals surface area contributed by atoms with E-state index in [0.717, 1.165) is 16.5 Å². The summed E-state index contributed by atoms with van der Waals surface area (Å²) in [6.45, 7) is 4.49. The highest BCUT2D eigenvalue weighted by Gasteiger charge is 2.04. The first kappa shape index (κ1) is 11.5. The summed E-state index contributed by atoms with van der Waals surface area (Å²) in [5, 5.41) is 0. The maximum atomic E-state index is 11.5. The second kappa shape index (κ2) is 4.75. The molecule has 1 heterocycles. The Kier molecular flexibility index (Phi) is 3.89. The molecule has 14 heavy (non-hydrogen) atoms. The summed E-state index contributed by atoms with van der Waals surface area (Å²) >= 11 is 3.39. The van der Waals surface area contributed by atoms with Crippen LogP contribution in [0.15, 0.2) is 21.5 Å². The Morgan fingerprint density at radius 3 is 2.86 bits per heavy atom. The second-order valence-electron chi connectivity index (χ2n) is 3.46. The molecule has 3 nitrogen and oxygen atoms in total. The first-order chi connectivity index (χ1) is 6.54. The molecular weight excluding hydrogens is 244 g/mol. The van der Waals surface area contributed by atoms with Gasteiger partial charge in [-0.25, -0.2) is 0 Å². The fourth-order valence-corrected chi connectivity index (χ4v) is 1.53. The van der Waals surface area contributed by atoms with Crippen LogP contribution in [-0.4, -0.2) is 10.6 Å². The highest BCUT2D eigenvalue weighted by molar-refractivity contribution is 9.10. The maximum absolute atomic E-state index is 11.5. The van der Waals surface area contributed by atoms with Crippen molar-refractivity contribution in [3.8, 4) is 0 Å². The monoisotopic (exact) mass is 258 g/mol. The standard InChI is InChI=1S/C10H15BrN2O/c1-3-8(12)5-13-6-9(11)7(2)4-10(13)14/h4,6,8H,3,5,12H2,1-2H3. The number of rotatable bonds is 3. The predicted molar refractivity (Wildman–Crippen MR) is 61.4 cm³/mol. The minimum Gasteiger partial charge on any atom is -0.326 e. The summed E-state index contributed by atoms with van der Waals surface area (Å²) in [6, 6.07) is 1.66. The first-order valence-electron chi connectivity index (χ1n) is 4.66. The zero-order chi connectivity index (χ0) is 10.7. The molecule has 0 saturated heterocycles. The van der Waals surface area contributed by atoms with Crippen molar-refractivity contribution in [3.63, 3.8) is 0 Å². The van der Waals surface area contributed by atoms with Crippen LogP contribution in [0.2, 0.25) is 0 Å². The van der Waals surface area contributed by atoms with Gasteiger partial charge in [0.25, 0.3) is 5.56 Å². The molecule has 78 valence electrons.